The third-order valence-corrected chi connectivity index (χ3v) is 2.95. The van der Waals surface area contributed by atoms with E-state index in [0.29, 0.717) is 19.4 Å². The van der Waals surface area contributed by atoms with Gasteiger partial charge in [0.1, 0.15) is 6.04 Å². The number of hydrogen-bond donors (Lipinski definition) is 2. The zero-order valence-electron chi connectivity index (χ0n) is 10.7. The molecule has 2 N–H and O–H groups in total. The summed E-state index contributed by atoms with van der Waals surface area (Å²) < 4.78 is 4.77. The van der Waals surface area contributed by atoms with Crippen molar-refractivity contribution in [2.45, 2.75) is 25.0 Å². The minimum absolute atomic E-state index is 0.121. The van der Waals surface area contributed by atoms with Crippen LogP contribution in [0.2, 0.25) is 0 Å². The number of aliphatic carboxylic acids is 1. The Hall–Kier alpha value is -1.34. The monoisotopic (exact) mass is 260 g/mol. The van der Waals surface area contributed by atoms with Gasteiger partial charge in [0.25, 0.3) is 0 Å². The molecule has 2 amide bonds. The second kappa shape index (κ2) is 6.55. The number of likely N-dealkylation sites (N-methyl/N-ethyl adjacent to an activating group) is 1. The second-order valence-corrected chi connectivity index (χ2v) is 4.46. The average molecular weight is 260 g/mol. The molecule has 0 radical (unpaired) electrons. The van der Waals surface area contributed by atoms with E-state index in [2.05, 4.69) is 0 Å². The van der Waals surface area contributed by atoms with Crippen molar-refractivity contribution < 1.29 is 24.5 Å². The van der Waals surface area contributed by atoms with Gasteiger partial charge in [-0.2, -0.15) is 0 Å². The number of methoxy groups -OCH3 is 1. The standard InChI is InChI=1S/C11H20N2O5/c1-12(6-8(14)7-18-2)11(17)13-5-3-4-9(13)10(15)16/h8-9,14H,3-7H2,1-2H3,(H,15,16). The van der Waals surface area contributed by atoms with Crippen LogP contribution in [0.15, 0.2) is 0 Å². The van der Waals surface area contributed by atoms with Crippen LogP contribution < -0.4 is 0 Å². The molecule has 7 nitrogen and oxygen atoms in total. The molecule has 2 unspecified atom stereocenters. The molecule has 0 spiro atoms. The first-order valence-corrected chi connectivity index (χ1v) is 5.89. The van der Waals surface area contributed by atoms with Gasteiger partial charge in [0, 0.05) is 20.7 Å². The van der Waals surface area contributed by atoms with Crippen LogP contribution >= 0.6 is 0 Å². The summed E-state index contributed by atoms with van der Waals surface area (Å²) >= 11 is 0. The van der Waals surface area contributed by atoms with Crippen LogP contribution in [0, 0.1) is 0 Å². The fourth-order valence-electron chi connectivity index (χ4n) is 2.11. The number of nitrogens with zero attached hydrogens (tertiary/aromatic N) is 2. The van der Waals surface area contributed by atoms with Gasteiger partial charge in [-0.3, -0.25) is 0 Å². The number of aliphatic hydroxyl groups is 1. The Labute approximate surface area is 106 Å². The number of aliphatic hydroxyl groups excluding tert-OH is 1. The smallest absolute Gasteiger partial charge is 0.326 e. The highest BCUT2D eigenvalue weighted by atomic mass is 16.5. The van der Waals surface area contributed by atoms with Crippen molar-refractivity contribution in [1.29, 1.82) is 0 Å². The molecule has 0 aromatic carbocycles. The zero-order valence-corrected chi connectivity index (χ0v) is 10.7. The Morgan fingerprint density at radius 3 is 2.78 bits per heavy atom. The summed E-state index contributed by atoms with van der Waals surface area (Å²) in [7, 11) is 3.00. The van der Waals surface area contributed by atoms with E-state index in [1.807, 2.05) is 0 Å². The minimum atomic E-state index is -0.980. The summed E-state index contributed by atoms with van der Waals surface area (Å²) in [4.78, 5) is 25.7. The molecule has 18 heavy (non-hydrogen) atoms. The molecular weight excluding hydrogens is 240 g/mol. The number of hydrogen-bond acceptors (Lipinski definition) is 4. The Balaban J connectivity index is 2.55. The highest BCUT2D eigenvalue weighted by Gasteiger charge is 2.35. The molecule has 7 heteroatoms. The summed E-state index contributed by atoms with van der Waals surface area (Å²) in [5, 5.41) is 18.5. The quantitative estimate of drug-likeness (QED) is 0.701. The molecule has 1 aliphatic heterocycles. The Morgan fingerprint density at radius 2 is 2.22 bits per heavy atom. The fourth-order valence-corrected chi connectivity index (χ4v) is 2.11. The average Bonchev–Trinajstić information content (AvgIpc) is 2.76. The van der Waals surface area contributed by atoms with E-state index in [4.69, 9.17) is 9.84 Å². The predicted molar refractivity (Wildman–Crippen MR) is 63.3 cm³/mol. The van der Waals surface area contributed by atoms with Crippen molar-refractivity contribution in [3.63, 3.8) is 0 Å². The highest BCUT2D eigenvalue weighted by Crippen LogP contribution is 2.18. The predicted octanol–water partition coefficient (Wildman–Crippen LogP) is -0.405. The first-order valence-electron chi connectivity index (χ1n) is 5.89. The van der Waals surface area contributed by atoms with Gasteiger partial charge in [0.05, 0.1) is 19.3 Å². The van der Waals surface area contributed by atoms with Gasteiger partial charge < -0.3 is 24.7 Å². The normalized spacial score (nSPS) is 20.8. The van der Waals surface area contributed by atoms with Crippen molar-refractivity contribution in [2.75, 3.05) is 33.9 Å². The van der Waals surface area contributed by atoms with E-state index in [0.717, 1.165) is 0 Å². The maximum absolute atomic E-state index is 12.0. The maximum atomic E-state index is 12.0. The lowest BCUT2D eigenvalue weighted by Gasteiger charge is -2.28. The molecule has 2 atom stereocenters. The molecule has 0 aliphatic carbocycles. The van der Waals surface area contributed by atoms with Gasteiger partial charge in [-0.25, -0.2) is 9.59 Å². The molecule has 1 fully saturated rings. The zero-order chi connectivity index (χ0) is 13.7. The van der Waals surface area contributed by atoms with Crippen molar-refractivity contribution >= 4 is 12.0 Å². The van der Waals surface area contributed by atoms with Gasteiger partial charge in [-0.15, -0.1) is 0 Å². The molecule has 0 aromatic rings. The first-order chi connectivity index (χ1) is 8.47. The van der Waals surface area contributed by atoms with Crippen molar-refractivity contribution in [1.82, 2.24) is 9.80 Å². The van der Waals surface area contributed by atoms with Gasteiger partial charge >= 0.3 is 12.0 Å². The van der Waals surface area contributed by atoms with Crippen molar-refractivity contribution in [3.05, 3.63) is 0 Å². The number of carbonyl (C=O) groups excluding carboxylic acids is 1. The van der Waals surface area contributed by atoms with Crippen molar-refractivity contribution in [3.8, 4) is 0 Å². The number of carboxylic acid groups (broad SMARTS) is 1. The number of urea groups is 1. The minimum Gasteiger partial charge on any atom is -0.480 e. The second-order valence-electron chi connectivity index (χ2n) is 4.46. The topological polar surface area (TPSA) is 90.3 Å². The summed E-state index contributed by atoms with van der Waals surface area (Å²) in [6.07, 6.45) is 0.405. The third-order valence-electron chi connectivity index (χ3n) is 2.95. The first kappa shape index (κ1) is 14.7. The summed E-state index contributed by atoms with van der Waals surface area (Å²) in [6.45, 7) is 0.704. The van der Waals surface area contributed by atoms with Crippen molar-refractivity contribution in [2.24, 2.45) is 0 Å². The van der Waals surface area contributed by atoms with Crippen LogP contribution in [0.5, 0.6) is 0 Å². The molecule has 0 bridgehead atoms. The molecule has 1 saturated heterocycles. The lowest BCUT2D eigenvalue weighted by atomic mass is 10.2. The van der Waals surface area contributed by atoms with E-state index in [1.54, 1.807) is 7.05 Å². The highest BCUT2D eigenvalue weighted by molar-refractivity contribution is 5.83. The largest absolute Gasteiger partial charge is 0.480 e. The van der Waals surface area contributed by atoms with Gasteiger partial charge in [0.2, 0.25) is 0 Å². The fraction of sp³-hybridized carbons (Fsp3) is 0.818. The third kappa shape index (κ3) is 3.58. The summed E-state index contributed by atoms with van der Waals surface area (Å²) in [5.41, 5.74) is 0. The Morgan fingerprint density at radius 1 is 1.56 bits per heavy atom. The van der Waals surface area contributed by atoms with Crippen LogP contribution in [0.25, 0.3) is 0 Å². The lowest BCUT2D eigenvalue weighted by molar-refractivity contribution is -0.141. The Bertz CT molecular complexity index is 310. The molecule has 1 aliphatic rings. The van der Waals surface area contributed by atoms with E-state index < -0.39 is 18.1 Å². The maximum Gasteiger partial charge on any atom is 0.326 e. The van der Waals surface area contributed by atoms with E-state index >= 15 is 0 Å². The van der Waals surface area contributed by atoms with E-state index in [1.165, 1.54) is 16.9 Å². The number of likely N-dealkylation sites (tertiary alicyclic amines) is 1. The number of ether oxygens (including phenoxy) is 1. The van der Waals surface area contributed by atoms with E-state index in [-0.39, 0.29) is 19.2 Å². The number of carboxylic acids is 1. The van der Waals surface area contributed by atoms with Crippen LogP contribution in [-0.2, 0) is 9.53 Å². The molecule has 104 valence electrons. The molecule has 0 saturated carbocycles. The molecule has 1 rings (SSSR count). The molecule has 0 aromatic heterocycles. The van der Waals surface area contributed by atoms with Gasteiger partial charge in [-0.1, -0.05) is 0 Å². The molecular formula is C11H20N2O5. The SMILES string of the molecule is COCC(O)CN(C)C(=O)N1CCCC1C(=O)O. The number of rotatable bonds is 5. The van der Waals surface area contributed by atoms with Crippen LogP contribution in [0.4, 0.5) is 4.79 Å². The van der Waals surface area contributed by atoms with Gasteiger partial charge in [-0.05, 0) is 12.8 Å². The molecule has 1 heterocycles. The van der Waals surface area contributed by atoms with Gasteiger partial charge in [0.15, 0.2) is 0 Å². The van der Waals surface area contributed by atoms with E-state index in [9.17, 15) is 14.7 Å². The number of amides is 2. The number of carbonyl (C=O) groups is 2. The Kier molecular flexibility index (Phi) is 5.36. The van der Waals surface area contributed by atoms with Crippen LogP contribution in [0.1, 0.15) is 12.8 Å². The van der Waals surface area contributed by atoms with Crippen LogP contribution in [0.3, 0.4) is 0 Å². The summed E-state index contributed by atoms with van der Waals surface area (Å²) in [6, 6.07) is -1.12. The van der Waals surface area contributed by atoms with Crippen LogP contribution in [-0.4, -0.2) is 78.0 Å². The summed E-state index contributed by atoms with van der Waals surface area (Å²) in [5.74, 6) is -0.980. The lowest BCUT2D eigenvalue weighted by Crippen LogP contribution is -2.48.